The Morgan fingerprint density at radius 3 is 2.13 bits per heavy atom. The van der Waals surface area contributed by atoms with Crippen LogP contribution in [0.15, 0.2) is 29.8 Å². The fraction of sp³-hybridized carbons (Fsp3) is 0.675. The Kier molecular flexibility index (Phi) is 16.1. The lowest BCUT2D eigenvalue weighted by Crippen LogP contribution is -2.59. The number of unbranched alkanes of at least 4 members (excludes halogenated alkanes) is 7. The van der Waals surface area contributed by atoms with Gasteiger partial charge in [-0.15, -0.1) is 11.3 Å². The van der Waals surface area contributed by atoms with Gasteiger partial charge in [0, 0.05) is 43.7 Å². The molecule has 3 N–H and O–H groups in total. The monoisotopic (exact) mass is 801 g/mol. The molecule has 52 heavy (non-hydrogen) atoms. The molecule has 0 radical (unpaired) electrons. The van der Waals surface area contributed by atoms with E-state index < -0.39 is 23.6 Å². The van der Waals surface area contributed by atoms with Crippen LogP contribution >= 0.6 is 27.3 Å². The molecule has 2 saturated heterocycles. The van der Waals surface area contributed by atoms with Crippen molar-refractivity contribution >= 4 is 50.9 Å². The number of benzene rings is 1. The minimum atomic E-state index is -0.884. The van der Waals surface area contributed by atoms with Crippen LogP contribution in [-0.2, 0) is 19.2 Å². The van der Waals surface area contributed by atoms with Crippen LogP contribution in [0.1, 0.15) is 122 Å². The smallest absolute Gasteiger partial charge is 0.246 e. The van der Waals surface area contributed by atoms with Gasteiger partial charge in [-0.05, 0) is 56.1 Å². The summed E-state index contributed by atoms with van der Waals surface area (Å²) in [6.07, 6.45) is 10.4. The van der Waals surface area contributed by atoms with Crippen molar-refractivity contribution < 1.29 is 24.3 Å². The maximum absolute atomic E-state index is 14.1. The lowest BCUT2D eigenvalue weighted by atomic mass is 9.84. The Labute approximate surface area is 323 Å². The van der Waals surface area contributed by atoms with Crippen molar-refractivity contribution in [1.29, 1.82) is 0 Å². The average molecular weight is 803 g/mol. The molecule has 4 atom stereocenters. The molecule has 0 saturated carbocycles. The number of aliphatic hydroxyl groups is 1. The zero-order valence-electron chi connectivity index (χ0n) is 31.8. The fourth-order valence-electron chi connectivity index (χ4n) is 7.26. The van der Waals surface area contributed by atoms with Crippen LogP contribution < -0.4 is 10.6 Å². The predicted octanol–water partition coefficient (Wildman–Crippen LogP) is 6.93. The van der Waals surface area contributed by atoms with E-state index in [-0.39, 0.29) is 48.6 Å². The Morgan fingerprint density at radius 2 is 1.56 bits per heavy atom. The van der Waals surface area contributed by atoms with E-state index in [1.165, 1.54) is 43.4 Å². The first-order valence-electron chi connectivity index (χ1n) is 19.2. The van der Waals surface area contributed by atoms with Crippen molar-refractivity contribution in [3.05, 3.63) is 41.0 Å². The third-order valence-electron chi connectivity index (χ3n) is 10.5. The van der Waals surface area contributed by atoms with Crippen molar-refractivity contribution in [3.8, 4) is 10.4 Å². The van der Waals surface area contributed by atoms with E-state index in [4.69, 9.17) is 0 Å². The number of hydrogen-bond donors (Lipinski definition) is 3. The normalized spacial score (nSPS) is 19.4. The summed E-state index contributed by atoms with van der Waals surface area (Å²) in [5.74, 6) is -1.06. The number of aliphatic hydroxyl groups excluding tert-OH is 1. The van der Waals surface area contributed by atoms with Gasteiger partial charge in [-0.1, -0.05) is 99.5 Å². The Bertz CT molecular complexity index is 1470. The number of carbonyl (C=O) groups is 4. The highest BCUT2D eigenvalue weighted by atomic mass is 79.9. The SMILES string of the molecule is Cc1ncsc1-c1ccc(C(C)NC(=O)[C@@H]2C[C@@H](O)CN2C(=O)C(NC(=O)C2CCN(C(=O)CCCCCCCCCCBr)CC2)C(C)(C)C)cc1. The van der Waals surface area contributed by atoms with E-state index in [0.29, 0.717) is 32.4 Å². The van der Waals surface area contributed by atoms with Crippen LogP contribution in [0, 0.1) is 18.3 Å². The van der Waals surface area contributed by atoms with Crippen LogP contribution in [0.25, 0.3) is 10.4 Å². The number of nitrogens with one attached hydrogen (secondary N) is 2. The van der Waals surface area contributed by atoms with Crippen LogP contribution in [0.4, 0.5) is 0 Å². The molecule has 3 heterocycles. The van der Waals surface area contributed by atoms with Crippen molar-refractivity contribution in [2.45, 2.75) is 136 Å². The molecule has 288 valence electrons. The van der Waals surface area contributed by atoms with E-state index in [9.17, 15) is 24.3 Å². The lowest BCUT2D eigenvalue weighted by Gasteiger charge is -2.37. The van der Waals surface area contributed by atoms with Crippen LogP contribution in [-0.4, -0.2) is 86.7 Å². The highest BCUT2D eigenvalue weighted by Crippen LogP contribution is 2.30. The van der Waals surface area contributed by atoms with Crippen molar-refractivity contribution in [1.82, 2.24) is 25.4 Å². The molecule has 1 aromatic carbocycles. The number of halogens is 1. The van der Waals surface area contributed by atoms with Gasteiger partial charge in [0.15, 0.2) is 0 Å². The predicted molar refractivity (Wildman–Crippen MR) is 211 cm³/mol. The standard InChI is InChI=1S/C40H60BrN5O5S/c1-27(29-15-17-30(18-16-29)35-28(2)42-26-52-35)43-38(50)33-24-32(47)25-46(33)39(51)36(40(3,4)5)44-37(49)31-19-22-45(23-20-31)34(48)14-12-10-8-6-7-9-11-13-21-41/h15-18,26-27,31-33,36,47H,6-14,19-25H2,1-5H3,(H,43,50)(H,44,49)/t27?,32-,33+,36?/m1/s1. The largest absolute Gasteiger partial charge is 0.391 e. The molecule has 0 spiro atoms. The zero-order valence-corrected chi connectivity index (χ0v) is 34.2. The van der Waals surface area contributed by atoms with Gasteiger partial charge < -0.3 is 25.5 Å². The fourth-order valence-corrected chi connectivity index (χ4v) is 8.46. The highest BCUT2D eigenvalue weighted by Gasteiger charge is 2.45. The summed E-state index contributed by atoms with van der Waals surface area (Å²) >= 11 is 5.06. The van der Waals surface area contributed by atoms with Crippen LogP contribution in [0.2, 0.25) is 0 Å². The Hall–Kier alpha value is -2.83. The van der Waals surface area contributed by atoms with E-state index in [2.05, 4.69) is 31.5 Å². The maximum atomic E-state index is 14.1. The molecule has 2 aliphatic heterocycles. The minimum Gasteiger partial charge on any atom is -0.391 e. The van der Waals surface area contributed by atoms with Gasteiger partial charge >= 0.3 is 0 Å². The first kappa shape index (κ1) is 41.9. The van der Waals surface area contributed by atoms with E-state index in [0.717, 1.165) is 39.9 Å². The van der Waals surface area contributed by atoms with Gasteiger partial charge in [0.25, 0.3) is 0 Å². The van der Waals surface area contributed by atoms with E-state index in [1.54, 1.807) is 11.3 Å². The minimum absolute atomic E-state index is 0.0224. The summed E-state index contributed by atoms with van der Waals surface area (Å²) in [5.41, 5.74) is 4.15. The quantitative estimate of drug-likeness (QED) is 0.118. The molecule has 2 fully saturated rings. The topological polar surface area (TPSA) is 132 Å². The summed E-state index contributed by atoms with van der Waals surface area (Å²) < 4.78 is 0. The average Bonchev–Trinajstić information content (AvgIpc) is 3.74. The molecule has 1 aromatic heterocycles. The van der Waals surface area contributed by atoms with Gasteiger partial charge in [-0.3, -0.25) is 19.2 Å². The van der Waals surface area contributed by atoms with Crippen molar-refractivity contribution in [3.63, 3.8) is 0 Å². The second-order valence-electron chi connectivity index (χ2n) is 15.7. The van der Waals surface area contributed by atoms with Crippen molar-refractivity contribution in [2.75, 3.05) is 25.0 Å². The Balaban J connectivity index is 1.27. The summed E-state index contributed by atoms with van der Waals surface area (Å²) in [6.45, 7) is 10.6. The molecule has 2 aromatic rings. The summed E-state index contributed by atoms with van der Waals surface area (Å²) in [7, 11) is 0. The number of aromatic nitrogens is 1. The van der Waals surface area contributed by atoms with Gasteiger partial charge in [0.1, 0.15) is 12.1 Å². The molecule has 0 bridgehead atoms. The van der Waals surface area contributed by atoms with Gasteiger partial charge in [0.05, 0.1) is 28.2 Å². The third kappa shape index (κ3) is 11.8. The number of piperidine rings is 1. The number of alkyl halides is 1. The number of rotatable bonds is 17. The number of nitrogens with zero attached hydrogens (tertiary/aromatic N) is 3. The highest BCUT2D eigenvalue weighted by molar-refractivity contribution is 9.09. The summed E-state index contributed by atoms with van der Waals surface area (Å²) in [6, 6.07) is 5.93. The second kappa shape index (κ2) is 20.0. The molecule has 2 aliphatic rings. The Morgan fingerprint density at radius 1 is 0.942 bits per heavy atom. The number of aryl methyl sites for hydroxylation is 1. The zero-order chi connectivity index (χ0) is 37.8. The summed E-state index contributed by atoms with van der Waals surface area (Å²) in [4.78, 5) is 63.0. The summed E-state index contributed by atoms with van der Waals surface area (Å²) in [5, 5.41) is 17.8. The first-order valence-corrected chi connectivity index (χ1v) is 21.2. The molecule has 0 aliphatic carbocycles. The molecular weight excluding hydrogens is 742 g/mol. The first-order chi connectivity index (χ1) is 24.8. The lowest BCUT2D eigenvalue weighted by molar-refractivity contribution is -0.145. The number of hydrogen-bond acceptors (Lipinski definition) is 7. The maximum Gasteiger partial charge on any atom is 0.246 e. The van der Waals surface area contributed by atoms with Gasteiger partial charge in [-0.2, -0.15) is 0 Å². The van der Waals surface area contributed by atoms with Crippen LogP contribution in [0.3, 0.4) is 0 Å². The number of thiazole rings is 1. The van der Waals surface area contributed by atoms with Crippen LogP contribution in [0.5, 0.6) is 0 Å². The number of likely N-dealkylation sites (tertiary alicyclic amines) is 2. The molecule has 4 amide bonds. The van der Waals surface area contributed by atoms with Gasteiger partial charge in [0.2, 0.25) is 23.6 Å². The van der Waals surface area contributed by atoms with Crippen molar-refractivity contribution in [2.24, 2.45) is 11.3 Å². The van der Waals surface area contributed by atoms with Gasteiger partial charge in [-0.25, -0.2) is 4.98 Å². The molecule has 12 heteroatoms. The van der Waals surface area contributed by atoms with E-state index >= 15 is 0 Å². The third-order valence-corrected chi connectivity index (χ3v) is 12.1. The number of β-amino-alcohol motifs (C(OH)–C–C–N with tert-alkyl or cyclic N) is 1. The number of amides is 4. The number of carbonyl (C=O) groups excluding carboxylic acids is 4. The molecular formula is C40H60BrN5O5S. The molecule has 10 nitrogen and oxygen atoms in total. The van der Waals surface area contributed by atoms with E-state index in [1.807, 2.05) is 69.3 Å². The molecule has 4 rings (SSSR count). The second-order valence-corrected chi connectivity index (χ2v) is 17.4. The molecule has 2 unspecified atom stereocenters.